The van der Waals surface area contributed by atoms with Crippen molar-refractivity contribution in [2.24, 2.45) is 5.92 Å². The van der Waals surface area contributed by atoms with Crippen molar-refractivity contribution in [2.75, 3.05) is 0 Å². The summed E-state index contributed by atoms with van der Waals surface area (Å²) in [6, 6.07) is 10.0. The van der Waals surface area contributed by atoms with Crippen molar-refractivity contribution in [3.63, 3.8) is 0 Å². The van der Waals surface area contributed by atoms with Gasteiger partial charge in [-0.05, 0) is 44.2 Å². The third-order valence-corrected chi connectivity index (χ3v) is 4.12. The first-order valence-corrected chi connectivity index (χ1v) is 7.34. The van der Waals surface area contributed by atoms with E-state index in [4.69, 9.17) is 4.74 Å². The number of aliphatic hydroxyl groups excluding tert-OH is 1. The number of para-hydroxylation sites is 1. The molecule has 3 rings (SSSR count). The van der Waals surface area contributed by atoms with Crippen LogP contribution < -0.4 is 4.74 Å². The first-order valence-electron chi connectivity index (χ1n) is 7.34. The third kappa shape index (κ3) is 2.63. The van der Waals surface area contributed by atoms with Gasteiger partial charge in [0.25, 0.3) is 0 Å². The van der Waals surface area contributed by atoms with Crippen LogP contribution in [0.5, 0.6) is 5.75 Å². The van der Waals surface area contributed by atoms with Gasteiger partial charge in [-0.3, -0.25) is 0 Å². The maximum atomic E-state index is 10.1. The largest absolute Gasteiger partial charge is 0.485 e. The molecule has 1 aliphatic carbocycles. The molecule has 2 aromatic rings. The van der Waals surface area contributed by atoms with E-state index in [2.05, 4.69) is 18.0 Å². The molecular weight excluding hydrogens is 250 g/mol. The summed E-state index contributed by atoms with van der Waals surface area (Å²) < 4.78 is 6.09. The summed E-state index contributed by atoms with van der Waals surface area (Å²) in [7, 11) is 0. The first kappa shape index (κ1) is 13.4. The standard InChI is InChI=1S/C17H21NO2/c1-11-6-9-14(19)16(10-11)20-15-5-3-4-13-8-7-12(2)18-17(13)15/h3-5,7-8,11,14,16,19H,6,9-10H2,1-2H3. The highest BCUT2D eigenvalue weighted by Gasteiger charge is 2.29. The minimum absolute atomic E-state index is 0.119. The molecule has 0 saturated heterocycles. The molecule has 1 heterocycles. The predicted molar refractivity (Wildman–Crippen MR) is 79.9 cm³/mol. The van der Waals surface area contributed by atoms with Gasteiger partial charge >= 0.3 is 0 Å². The molecule has 0 bridgehead atoms. The summed E-state index contributed by atoms with van der Waals surface area (Å²) in [5.74, 6) is 1.39. The number of pyridine rings is 1. The van der Waals surface area contributed by atoms with Gasteiger partial charge in [-0.1, -0.05) is 25.1 Å². The SMILES string of the molecule is Cc1ccc2cccc(OC3CC(C)CCC3O)c2n1. The van der Waals surface area contributed by atoms with Crippen molar-refractivity contribution < 1.29 is 9.84 Å². The highest BCUT2D eigenvalue weighted by atomic mass is 16.5. The highest BCUT2D eigenvalue weighted by Crippen LogP contribution is 2.31. The number of hydrogen-bond donors (Lipinski definition) is 1. The van der Waals surface area contributed by atoms with Crippen molar-refractivity contribution in [3.8, 4) is 5.75 Å². The van der Waals surface area contributed by atoms with E-state index in [1.54, 1.807) is 0 Å². The first-order chi connectivity index (χ1) is 9.63. The van der Waals surface area contributed by atoms with Crippen LogP contribution >= 0.6 is 0 Å². The Labute approximate surface area is 119 Å². The number of aromatic nitrogens is 1. The molecule has 1 saturated carbocycles. The van der Waals surface area contributed by atoms with E-state index in [1.165, 1.54) is 0 Å². The minimum atomic E-state index is -0.369. The zero-order valence-corrected chi connectivity index (χ0v) is 12.0. The second-order valence-corrected chi connectivity index (χ2v) is 5.92. The molecule has 20 heavy (non-hydrogen) atoms. The van der Waals surface area contributed by atoms with Gasteiger partial charge in [0.15, 0.2) is 0 Å². The average Bonchev–Trinajstić information content (AvgIpc) is 2.43. The van der Waals surface area contributed by atoms with Crippen molar-refractivity contribution in [1.82, 2.24) is 4.98 Å². The second kappa shape index (κ2) is 5.41. The molecule has 3 unspecified atom stereocenters. The van der Waals surface area contributed by atoms with Crippen LogP contribution in [0.25, 0.3) is 10.9 Å². The van der Waals surface area contributed by atoms with Gasteiger partial charge in [0.05, 0.1) is 6.10 Å². The fourth-order valence-corrected chi connectivity index (χ4v) is 2.91. The van der Waals surface area contributed by atoms with E-state index in [-0.39, 0.29) is 12.2 Å². The number of fused-ring (bicyclic) bond motifs is 1. The quantitative estimate of drug-likeness (QED) is 0.909. The molecule has 0 amide bonds. The van der Waals surface area contributed by atoms with E-state index >= 15 is 0 Å². The van der Waals surface area contributed by atoms with Crippen molar-refractivity contribution >= 4 is 10.9 Å². The third-order valence-electron chi connectivity index (χ3n) is 4.12. The van der Waals surface area contributed by atoms with Crippen LogP contribution in [0.1, 0.15) is 31.9 Å². The Bertz CT molecular complexity index is 611. The van der Waals surface area contributed by atoms with Crippen LogP contribution in [0.2, 0.25) is 0 Å². The second-order valence-electron chi connectivity index (χ2n) is 5.92. The predicted octanol–water partition coefficient (Wildman–Crippen LogP) is 3.47. The van der Waals surface area contributed by atoms with E-state index < -0.39 is 0 Å². The number of benzene rings is 1. The van der Waals surface area contributed by atoms with Gasteiger partial charge in [0.2, 0.25) is 0 Å². The molecular formula is C17H21NO2. The maximum absolute atomic E-state index is 10.1. The van der Waals surface area contributed by atoms with Gasteiger partial charge < -0.3 is 9.84 Å². The van der Waals surface area contributed by atoms with E-state index in [9.17, 15) is 5.11 Å². The molecule has 3 nitrogen and oxygen atoms in total. The zero-order valence-electron chi connectivity index (χ0n) is 12.0. The van der Waals surface area contributed by atoms with Gasteiger partial charge in [0.1, 0.15) is 17.4 Å². The Morgan fingerprint density at radius 3 is 2.90 bits per heavy atom. The Hall–Kier alpha value is -1.61. The molecule has 1 N–H and O–H groups in total. The van der Waals surface area contributed by atoms with Crippen LogP contribution in [0, 0.1) is 12.8 Å². The maximum Gasteiger partial charge on any atom is 0.146 e. The Kier molecular flexibility index (Phi) is 3.62. The summed E-state index contributed by atoms with van der Waals surface area (Å²) in [5.41, 5.74) is 1.86. The van der Waals surface area contributed by atoms with Crippen molar-refractivity contribution in [1.29, 1.82) is 0 Å². The average molecular weight is 271 g/mol. The van der Waals surface area contributed by atoms with Crippen LogP contribution in [0.15, 0.2) is 30.3 Å². The molecule has 1 fully saturated rings. The Balaban J connectivity index is 1.92. The fraction of sp³-hybridized carbons (Fsp3) is 0.471. The van der Waals surface area contributed by atoms with Gasteiger partial charge in [-0.25, -0.2) is 4.98 Å². The van der Waals surface area contributed by atoms with Crippen molar-refractivity contribution in [2.45, 2.75) is 45.3 Å². The lowest BCUT2D eigenvalue weighted by Crippen LogP contribution is -2.37. The number of nitrogens with zero attached hydrogens (tertiary/aromatic N) is 1. The van der Waals surface area contributed by atoms with E-state index in [1.807, 2.05) is 31.2 Å². The molecule has 3 atom stereocenters. The van der Waals surface area contributed by atoms with Crippen LogP contribution in [0.4, 0.5) is 0 Å². The number of hydrogen-bond acceptors (Lipinski definition) is 3. The Morgan fingerprint density at radius 1 is 1.20 bits per heavy atom. The molecule has 0 aliphatic heterocycles. The minimum Gasteiger partial charge on any atom is -0.485 e. The van der Waals surface area contributed by atoms with E-state index in [0.717, 1.165) is 41.6 Å². The lowest BCUT2D eigenvalue weighted by Gasteiger charge is -2.32. The normalized spacial score (nSPS) is 26.6. The highest BCUT2D eigenvalue weighted by molar-refractivity contribution is 5.84. The number of ether oxygens (including phenoxy) is 1. The molecule has 3 heteroatoms. The summed E-state index contributed by atoms with van der Waals surface area (Å²) >= 11 is 0. The Morgan fingerprint density at radius 2 is 2.05 bits per heavy atom. The molecule has 1 aliphatic rings. The van der Waals surface area contributed by atoms with Gasteiger partial charge in [-0.2, -0.15) is 0 Å². The zero-order chi connectivity index (χ0) is 14.1. The molecule has 0 radical (unpaired) electrons. The smallest absolute Gasteiger partial charge is 0.146 e. The van der Waals surface area contributed by atoms with Gasteiger partial charge in [-0.15, -0.1) is 0 Å². The van der Waals surface area contributed by atoms with E-state index in [0.29, 0.717) is 5.92 Å². The molecule has 106 valence electrons. The lowest BCUT2D eigenvalue weighted by atomic mass is 9.86. The number of rotatable bonds is 2. The molecule has 1 aromatic heterocycles. The molecule has 1 aromatic carbocycles. The summed E-state index contributed by atoms with van der Waals surface area (Å²) in [4.78, 5) is 4.58. The number of aryl methyl sites for hydroxylation is 1. The van der Waals surface area contributed by atoms with Crippen LogP contribution in [0.3, 0.4) is 0 Å². The van der Waals surface area contributed by atoms with Crippen LogP contribution in [-0.2, 0) is 0 Å². The summed E-state index contributed by atoms with van der Waals surface area (Å²) in [6.07, 6.45) is 2.32. The fourth-order valence-electron chi connectivity index (χ4n) is 2.91. The van der Waals surface area contributed by atoms with Crippen molar-refractivity contribution in [3.05, 3.63) is 36.0 Å². The topological polar surface area (TPSA) is 42.4 Å². The monoisotopic (exact) mass is 271 g/mol. The van der Waals surface area contributed by atoms with Crippen LogP contribution in [-0.4, -0.2) is 22.3 Å². The van der Waals surface area contributed by atoms with Gasteiger partial charge in [0, 0.05) is 11.1 Å². The summed E-state index contributed by atoms with van der Waals surface area (Å²) in [6.45, 7) is 4.20. The molecule has 0 spiro atoms. The number of aliphatic hydroxyl groups is 1. The lowest BCUT2D eigenvalue weighted by molar-refractivity contribution is -0.00692. The summed E-state index contributed by atoms with van der Waals surface area (Å²) in [5, 5.41) is 11.2.